The van der Waals surface area contributed by atoms with Crippen molar-refractivity contribution in [1.82, 2.24) is 5.32 Å². The second-order valence-corrected chi connectivity index (χ2v) is 17.0. The number of amides is 1. The van der Waals surface area contributed by atoms with Crippen LogP contribution in [-0.4, -0.2) is 46.9 Å². The van der Waals surface area contributed by atoms with Gasteiger partial charge in [-0.15, -0.1) is 0 Å². The molecule has 3 N–H and O–H groups in total. The number of allylic oxidation sites excluding steroid dienone is 10. The Kier molecular flexibility index (Phi) is 44.7. The lowest BCUT2D eigenvalue weighted by atomic mass is 10.0. The minimum Gasteiger partial charge on any atom is -0.462 e. The number of esters is 1. The molecule has 0 aromatic rings. The van der Waals surface area contributed by atoms with Crippen LogP contribution in [0.1, 0.15) is 239 Å². The predicted molar refractivity (Wildman–Crippen MR) is 255 cm³/mol. The third kappa shape index (κ3) is 42.1. The smallest absolute Gasteiger partial charge is 0.306 e. The van der Waals surface area contributed by atoms with E-state index in [0.29, 0.717) is 19.3 Å². The fourth-order valence-electron chi connectivity index (χ4n) is 7.46. The molecule has 0 fully saturated rings. The number of rotatable bonds is 44. The van der Waals surface area contributed by atoms with Crippen molar-refractivity contribution >= 4 is 11.9 Å². The monoisotopic (exact) mass is 826 g/mol. The zero-order chi connectivity index (χ0) is 43.1. The Morgan fingerprint density at radius 1 is 0.508 bits per heavy atom. The maximum absolute atomic E-state index is 13.2. The Labute approximate surface area is 365 Å². The number of nitrogens with one attached hydrogen (secondary N) is 1. The number of aliphatic hydroxyl groups is 2. The van der Waals surface area contributed by atoms with Crippen LogP contribution in [0.2, 0.25) is 0 Å². The van der Waals surface area contributed by atoms with Gasteiger partial charge in [-0.3, -0.25) is 9.59 Å². The van der Waals surface area contributed by atoms with Gasteiger partial charge < -0.3 is 20.3 Å². The fourth-order valence-corrected chi connectivity index (χ4v) is 7.46. The minimum atomic E-state index is -0.806. The highest BCUT2D eigenvalue weighted by Crippen LogP contribution is 2.17. The van der Waals surface area contributed by atoms with E-state index < -0.39 is 18.2 Å². The lowest BCUT2D eigenvalue weighted by molar-refractivity contribution is -0.151. The Hall–Kier alpha value is -2.44. The van der Waals surface area contributed by atoms with Gasteiger partial charge in [0.1, 0.15) is 6.10 Å². The molecule has 6 nitrogen and oxygen atoms in total. The Morgan fingerprint density at radius 3 is 1.36 bits per heavy atom. The zero-order valence-electron chi connectivity index (χ0n) is 38.9. The van der Waals surface area contributed by atoms with Gasteiger partial charge in [-0.05, 0) is 38.5 Å². The van der Waals surface area contributed by atoms with E-state index in [1.807, 2.05) is 48.6 Å². The van der Waals surface area contributed by atoms with Crippen molar-refractivity contribution < 1.29 is 24.5 Å². The maximum Gasteiger partial charge on any atom is 0.306 e. The summed E-state index contributed by atoms with van der Waals surface area (Å²) in [5, 5.41) is 23.7. The largest absolute Gasteiger partial charge is 0.462 e. The highest BCUT2D eigenvalue weighted by atomic mass is 16.5. The van der Waals surface area contributed by atoms with Crippen LogP contribution in [0.15, 0.2) is 60.8 Å². The van der Waals surface area contributed by atoms with E-state index in [0.717, 1.165) is 57.8 Å². The van der Waals surface area contributed by atoms with Crippen molar-refractivity contribution in [2.75, 3.05) is 6.61 Å². The molecule has 0 spiro atoms. The summed E-state index contributed by atoms with van der Waals surface area (Å²) in [7, 11) is 0. The quantitative estimate of drug-likeness (QED) is 0.0323. The van der Waals surface area contributed by atoms with Gasteiger partial charge in [0.2, 0.25) is 5.91 Å². The first kappa shape index (κ1) is 56.6. The summed E-state index contributed by atoms with van der Waals surface area (Å²) in [6, 6.07) is -0.723. The lowest BCUT2D eigenvalue weighted by Crippen LogP contribution is -2.46. The van der Waals surface area contributed by atoms with Crippen LogP contribution in [0.3, 0.4) is 0 Å². The molecule has 1 amide bonds. The van der Waals surface area contributed by atoms with Crippen molar-refractivity contribution in [2.24, 2.45) is 0 Å². The van der Waals surface area contributed by atoms with Gasteiger partial charge in [-0.2, -0.15) is 0 Å². The lowest BCUT2D eigenvalue weighted by Gasteiger charge is -2.24. The summed E-state index contributed by atoms with van der Waals surface area (Å²) in [5.74, 6) is -0.545. The molecule has 59 heavy (non-hydrogen) atoms. The first-order valence-corrected chi connectivity index (χ1v) is 25.1. The first-order chi connectivity index (χ1) is 29.0. The molecule has 0 aliphatic carbocycles. The summed E-state index contributed by atoms with van der Waals surface area (Å²) in [6.45, 7) is 6.31. The van der Waals surface area contributed by atoms with Crippen LogP contribution in [0.4, 0.5) is 0 Å². The highest BCUT2D eigenvalue weighted by molar-refractivity contribution is 5.77. The molecule has 0 radical (unpaired) electrons. The number of hydrogen-bond donors (Lipinski definition) is 3. The standard InChI is InChI=1S/C53H95NO5/c1-4-7-10-13-16-19-22-24-25-26-27-29-31-33-36-39-42-45-51(56)50(48-55)54-52(57)47-49(44-41-38-35-32-30-28-23-20-17-14-11-8-5-2)59-53(58)46-43-40-37-34-21-18-15-12-9-6-3/h8,11,14,17,20,23,28,30,32,35,49-51,55-56H,4-7,9-10,12-13,15-16,18-19,21-22,24-27,29,31,33-34,36-48H2,1-3H3,(H,54,57)/b11-8+,17-14+,23-20-,30-28-,35-32+. The number of carbonyl (C=O) groups excluding carboxylic acids is 2. The van der Waals surface area contributed by atoms with Gasteiger partial charge in [-0.25, -0.2) is 0 Å². The van der Waals surface area contributed by atoms with E-state index in [9.17, 15) is 19.8 Å². The Bertz CT molecular complexity index is 1060. The molecule has 0 aromatic heterocycles. The van der Waals surface area contributed by atoms with E-state index in [1.165, 1.54) is 135 Å². The topological polar surface area (TPSA) is 95.9 Å². The summed E-state index contributed by atoms with van der Waals surface area (Å²) in [5.41, 5.74) is 0. The van der Waals surface area contributed by atoms with Crippen molar-refractivity contribution in [3.8, 4) is 0 Å². The summed E-state index contributed by atoms with van der Waals surface area (Å²) in [4.78, 5) is 26.0. The van der Waals surface area contributed by atoms with Crippen molar-refractivity contribution in [3.05, 3.63) is 60.8 Å². The summed E-state index contributed by atoms with van der Waals surface area (Å²) >= 11 is 0. The van der Waals surface area contributed by atoms with Crippen LogP contribution >= 0.6 is 0 Å². The average molecular weight is 826 g/mol. The average Bonchev–Trinajstić information content (AvgIpc) is 3.23. The minimum absolute atomic E-state index is 0.0293. The second kappa shape index (κ2) is 46.6. The van der Waals surface area contributed by atoms with E-state index in [2.05, 4.69) is 38.2 Å². The van der Waals surface area contributed by atoms with Crippen molar-refractivity contribution in [2.45, 2.75) is 257 Å². The third-order valence-electron chi connectivity index (χ3n) is 11.2. The van der Waals surface area contributed by atoms with E-state index >= 15 is 0 Å². The third-order valence-corrected chi connectivity index (χ3v) is 11.2. The molecule has 0 saturated heterocycles. The van der Waals surface area contributed by atoms with Gasteiger partial charge in [0, 0.05) is 6.42 Å². The number of carbonyl (C=O) groups is 2. The Balaban J connectivity index is 4.58. The summed E-state index contributed by atoms with van der Waals surface area (Å²) in [6.07, 6.45) is 57.2. The Morgan fingerprint density at radius 2 is 0.915 bits per heavy atom. The molecule has 342 valence electrons. The normalized spacial score (nSPS) is 13.8. The molecular formula is C53H95NO5. The van der Waals surface area contributed by atoms with Crippen LogP contribution < -0.4 is 5.32 Å². The van der Waals surface area contributed by atoms with Crippen LogP contribution in [0.25, 0.3) is 0 Å². The van der Waals surface area contributed by atoms with Crippen molar-refractivity contribution in [3.63, 3.8) is 0 Å². The number of aliphatic hydroxyl groups excluding tert-OH is 2. The molecule has 0 aromatic carbocycles. The van der Waals surface area contributed by atoms with Crippen LogP contribution in [0.5, 0.6) is 0 Å². The molecule has 0 bridgehead atoms. The van der Waals surface area contributed by atoms with Gasteiger partial charge in [0.25, 0.3) is 0 Å². The van der Waals surface area contributed by atoms with E-state index in [-0.39, 0.29) is 24.9 Å². The molecule has 0 saturated carbocycles. The first-order valence-electron chi connectivity index (χ1n) is 25.1. The van der Waals surface area contributed by atoms with Gasteiger partial charge in [-0.1, -0.05) is 248 Å². The maximum atomic E-state index is 13.2. The zero-order valence-corrected chi connectivity index (χ0v) is 38.9. The van der Waals surface area contributed by atoms with Gasteiger partial charge in [0.05, 0.1) is 25.2 Å². The van der Waals surface area contributed by atoms with Gasteiger partial charge in [0.15, 0.2) is 0 Å². The summed E-state index contributed by atoms with van der Waals surface area (Å²) < 4.78 is 5.87. The fraction of sp³-hybridized carbons (Fsp3) is 0.774. The SMILES string of the molecule is CC/C=C/C=C/C=C\C=C/C=C/CCCC(CC(=O)NC(CO)C(O)CCCCCCCCCCCCCCCCCCC)OC(=O)CCCCCCCCCCCC. The molecule has 0 heterocycles. The molecule has 0 aliphatic rings. The molecular weight excluding hydrogens is 731 g/mol. The number of ether oxygens (including phenoxy) is 1. The predicted octanol–water partition coefficient (Wildman–Crippen LogP) is 14.8. The highest BCUT2D eigenvalue weighted by Gasteiger charge is 2.24. The molecule has 0 rings (SSSR count). The molecule has 3 atom stereocenters. The molecule has 0 aliphatic heterocycles. The van der Waals surface area contributed by atoms with Crippen molar-refractivity contribution in [1.29, 1.82) is 0 Å². The number of hydrogen-bond acceptors (Lipinski definition) is 5. The van der Waals surface area contributed by atoms with E-state index in [1.54, 1.807) is 0 Å². The molecule has 6 heteroatoms. The molecule has 3 unspecified atom stereocenters. The van der Waals surface area contributed by atoms with Crippen LogP contribution in [0, 0.1) is 0 Å². The number of unbranched alkanes of at least 4 members (excludes halogenated alkanes) is 26. The second-order valence-electron chi connectivity index (χ2n) is 17.0. The van der Waals surface area contributed by atoms with E-state index in [4.69, 9.17) is 4.74 Å². The van der Waals surface area contributed by atoms with Gasteiger partial charge >= 0.3 is 5.97 Å². The van der Waals surface area contributed by atoms with Crippen LogP contribution in [-0.2, 0) is 14.3 Å².